The van der Waals surface area contributed by atoms with Crippen molar-refractivity contribution >= 4 is 0 Å². The minimum Gasteiger partial charge on any atom is -0.379 e. The Morgan fingerprint density at radius 2 is 1.72 bits per heavy atom. The van der Waals surface area contributed by atoms with Crippen molar-refractivity contribution in [2.45, 2.75) is 32.7 Å². The van der Waals surface area contributed by atoms with Crippen LogP contribution in [0.5, 0.6) is 0 Å². The Morgan fingerprint density at radius 1 is 1.06 bits per heavy atom. The summed E-state index contributed by atoms with van der Waals surface area (Å²) in [5, 5.41) is 0. The fraction of sp³-hybridized carbons (Fsp3) is 0.600. The van der Waals surface area contributed by atoms with Gasteiger partial charge in [-0.05, 0) is 18.9 Å². The van der Waals surface area contributed by atoms with Crippen LogP contribution in [0.1, 0.15) is 36.9 Å². The number of hydrogen-bond acceptors (Lipinski definition) is 3. The standard InChI is InChI=1S/C15H25NO2/c1-3-4-9-17-10-11-18-12-15(16)14-7-5-13(2)6-8-14/h5-8,15H,3-4,9-12,16H2,1-2H3. The zero-order valence-corrected chi connectivity index (χ0v) is 11.5. The van der Waals surface area contributed by atoms with E-state index in [4.69, 9.17) is 15.2 Å². The highest BCUT2D eigenvalue weighted by atomic mass is 16.5. The molecule has 0 aromatic heterocycles. The third-order valence-corrected chi connectivity index (χ3v) is 2.82. The summed E-state index contributed by atoms with van der Waals surface area (Å²) in [5.41, 5.74) is 8.41. The SMILES string of the molecule is CCCCOCCOCC(N)c1ccc(C)cc1. The number of aryl methyl sites for hydroxylation is 1. The Morgan fingerprint density at radius 3 is 2.39 bits per heavy atom. The normalized spacial score (nSPS) is 12.6. The van der Waals surface area contributed by atoms with Gasteiger partial charge in [0.05, 0.1) is 25.9 Å². The van der Waals surface area contributed by atoms with Crippen molar-refractivity contribution in [2.75, 3.05) is 26.4 Å². The predicted molar refractivity (Wildman–Crippen MR) is 74.7 cm³/mol. The molecule has 18 heavy (non-hydrogen) atoms. The second-order valence-electron chi connectivity index (χ2n) is 4.56. The van der Waals surface area contributed by atoms with Crippen molar-refractivity contribution in [3.63, 3.8) is 0 Å². The van der Waals surface area contributed by atoms with Crippen LogP contribution in [0.2, 0.25) is 0 Å². The fourth-order valence-corrected chi connectivity index (χ4v) is 1.59. The van der Waals surface area contributed by atoms with Gasteiger partial charge in [-0.25, -0.2) is 0 Å². The molecule has 0 heterocycles. The molecule has 2 N–H and O–H groups in total. The minimum atomic E-state index is -0.0544. The third-order valence-electron chi connectivity index (χ3n) is 2.82. The maximum absolute atomic E-state index is 6.04. The molecule has 0 amide bonds. The van der Waals surface area contributed by atoms with Gasteiger partial charge in [-0.1, -0.05) is 43.2 Å². The van der Waals surface area contributed by atoms with Gasteiger partial charge in [0.2, 0.25) is 0 Å². The highest BCUT2D eigenvalue weighted by molar-refractivity contribution is 5.23. The van der Waals surface area contributed by atoms with Crippen molar-refractivity contribution < 1.29 is 9.47 Å². The van der Waals surface area contributed by atoms with Crippen molar-refractivity contribution in [3.05, 3.63) is 35.4 Å². The van der Waals surface area contributed by atoms with Crippen molar-refractivity contribution in [1.29, 1.82) is 0 Å². The van der Waals surface area contributed by atoms with Gasteiger partial charge in [0.1, 0.15) is 0 Å². The zero-order valence-electron chi connectivity index (χ0n) is 11.5. The average molecular weight is 251 g/mol. The van der Waals surface area contributed by atoms with Gasteiger partial charge >= 0.3 is 0 Å². The topological polar surface area (TPSA) is 44.5 Å². The van der Waals surface area contributed by atoms with Gasteiger partial charge in [-0.2, -0.15) is 0 Å². The molecule has 1 aromatic carbocycles. The Bertz CT molecular complexity index is 311. The summed E-state index contributed by atoms with van der Waals surface area (Å²) in [4.78, 5) is 0. The molecule has 0 bridgehead atoms. The number of rotatable bonds is 9. The van der Waals surface area contributed by atoms with Crippen LogP contribution in [0.15, 0.2) is 24.3 Å². The molecule has 0 aliphatic rings. The van der Waals surface area contributed by atoms with Gasteiger partial charge < -0.3 is 15.2 Å². The fourth-order valence-electron chi connectivity index (χ4n) is 1.59. The van der Waals surface area contributed by atoms with Crippen LogP contribution < -0.4 is 5.73 Å². The average Bonchev–Trinajstić information content (AvgIpc) is 2.38. The number of hydrogen-bond donors (Lipinski definition) is 1. The van der Waals surface area contributed by atoms with E-state index in [1.54, 1.807) is 0 Å². The number of nitrogens with two attached hydrogens (primary N) is 1. The maximum atomic E-state index is 6.04. The molecule has 0 saturated heterocycles. The first kappa shape index (κ1) is 15.2. The van der Waals surface area contributed by atoms with Gasteiger partial charge in [-0.15, -0.1) is 0 Å². The summed E-state index contributed by atoms with van der Waals surface area (Å²) >= 11 is 0. The summed E-state index contributed by atoms with van der Waals surface area (Å²) < 4.78 is 10.9. The van der Waals surface area contributed by atoms with E-state index < -0.39 is 0 Å². The van der Waals surface area contributed by atoms with Crippen LogP contribution in [0, 0.1) is 6.92 Å². The first-order chi connectivity index (χ1) is 8.74. The summed E-state index contributed by atoms with van der Waals surface area (Å²) in [6, 6.07) is 8.20. The smallest absolute Gasteiger partial charge is 0.0701 e. The monoisotopic (exact) mass is 251 g/mol. The molecule has 1 aromatic rings. The highest BCUT2D eigenvalue weighted by Crippen LogP contribution is 2.11. The maximum Gasteiger partial charge on any atom is 0.0701 e. The first-order valence-electron chi connectivity index (χ1n) is 6.71. The molecule has 3 heteroatoms. The van der Waals surface area contributed by atoms with E-state index in [2.05, 4.69) is 38.1 Å². The van der Waals surface area contributed by atoms with E-state index >= 15 is 0 Å². The number of ether oxygens (including phenoxy) is 2. The lowest BCUT2D eigenvalue weighted by atomic mass is 10.1. The van der Waals surface area contributed by atoms with Crippen LogP contribution in [0.25, 0.3) is 0 Å². The van der Waals surface area contributed by atoms with Crippen LogP contribution in [0.4, 0.5) is 0 Å². The Labute approximate surface area is 110 Å². The summed E-state index contributed by atoms with van der Waals surface area (Å²) in [7, 11) is 0. The molecular weight excluding hydrogens is 226 g/mol. The van der Waals surface area contributed by atoms with Crippen LogP contribution >= 0.6 is 0 Å². The molecule has 1 atom stereocenters. The lowest BCUT2D eigenvalue weighted by Crippen LogP contribution is -2.18. The van der Waals surface area contributed by atoms with Gasteiger partial charge in [0, 0.05) is 6.61 Å². The van der Waals surface area contributed by atoms with Crippen molar-refractivity contribution in [3.8, 4) is 0 Å². The highest BCUT2D eigenvalue weighted by Gasteiger charge is 2.05. The molecule has 3 nitrogen and oxygen atoms in total. The van der Waals surface area contributed by atoms with E-state index in [1.807, 2.05) is 0 Å². The van der Waals surface area contributed by atoms with E-state index in [-0.39, 0.29) is 6.04 Å². The van der Waals surface area contributed by atoms with Gasteiger partial charge in [0.25, 0.3) is 0 Å². The predicted octanol–water partition coefficient (Wildman–Crippen LogP) is 2.83. The number of benzene rings is 1. The van der Waals surface area contributed by atoms with Gasteiger partial charge in [0.15, 0.2) is 0 Å². The molecule has 1 rings (SSSR count). The second-order valence-corrected chi connectivity index (χ2v) is 4.56. The third kappa shape index (κ3) is 6.15. The van der Waals surface area contributed by atoms with Crippen LogP contribution in [0.3, 0.4) is 0 Å². The zero-order chi connectivity index (χ0) is 13.2. The Kier molecular flexibility index (Phi) is 7.65. The quantitative estimate of drug-likeness (QED) is 0.686. The summed E-state index contributed by atoms with van der Waals surface area (Å²) in [6.07, 6.45) is 2.28. The van der Waals surface area contributed by atoms with E-state index in [1.165, 1.54) is 12.0 Å². The van der Waals surface area contributed by atoms with Crippen molar-refractivity contribution in [1.82, 2.24) is 0 Å². The van der Waals surface area contributed by atoms with Crippen molar-refractivity contribution in [2.24, 2.45) is 5.73 Å². The Hall–Kier alpha value is -0.900. The molecule has 0 aliphatic heterocycles. The lowest BCUT2D eigenvalue weighted by molar-refractivity contribution is 0.0416. The van der Waals surface area contributed by atoms with Crippen LogP contribution in [-0.4, -0.2) is 26.4 Å². The Balaban J connectivity index is 2.10. The first-order valence-corrected chi connectivity index (χ1v) is 6.71. The molecule has 102 valence electrons. The molecule has 0 saturated carbocycles. The van der Waals surface area contributed by atoms with Gasteiger partial charge in [-0.3, -0.25) is 0 Å². The molecule has 0 fully saturated rings. The molecule has 0 radical (unpaired) electrons. The lowest BCUT2D eigenvalue weighted by Gasteiger charge is -2.13. The van der Waals surface area contributed by atoms with Crippen LogP contribution in [-0.2, 0) is 9.47 Å². The molecule has 0 aliphatic carbocycles. The summed E-state index contributed by atoms with van der Waals surface area (Å²) in [5.74, 6) is 0. The molecular formula is C15H25NO2. The molecule has 1 unspecified atom stereocenters. The molecule has 0 spiro atoms. The van der Waals surface area contributed by atoms with E-state index in [0.29, 0.717) is 19.8 Å². The number of unbranched alkanes of at least 4 members (excludes halogenated alkanes) is 1. The second kappa shape index (κ2) is 9.09. The largest absolute Gasteiger partial charge is 0.379 e. The summed E-state index contributed by atoms with van der Waals surface area (Å²) in [6.45, 7) is 6.86. The van der Waals surface area contributed by atoms with E-state index in [0.717, 1.165) is 18.6 Å². The minimum absolute atomic E-state index is 0.0544. The van der Waals surface area contributed by atoms with E-state index in [9.17, 15) is 0 Å².